The Balaban J connectivity index is 2.65. The minimum Gasteiger partial charge on any atom is -0.380 e. The summed E-state index contributed by atoms with van der Waals surface area (Å²) in [5, 5.41) is 8.02. The Morgan fingerprint density at radius 3 is 2.75 bits per heavy atom. The lowest BCUT2D eigenvalue weighted by molar-refractivity contribution is 0.156. The van der Waals surface area contributed by atoms with E-state index < -0.39 is 0 Å². The third kappa shape index (κ3) is 5.80. The minimum absolute atomic E-state index is 0.480. The van der Waals surface area contributed by atoms with Crippen molar-refractivity contribution in [3.05, 3.63) is 0 Å². The van der Waals surface area contributed by atoms with E-state index in [2.05, 4.69) is 12.6 Å². The number of nitrogens with zero attached hydrogens (tertiary/aromatic N) is 1. The van der Waals surface area contributed by atoms with Crippen molar-refractivity contribution >= 4 is 12.6 Å². The van der Waals surface area contributed by atoms with E-state index >= 15 is 0 Å². The molecule has 0 aromatic heterocycles. The Labute approximate surface area is 54.9 Å². The molecule has 0 aliphatic carbocycles. The second kappa shape index (κ2) is 6.80. The van der Waals surface area contributed by atoms with E-state index in [0.717, 1.165) is 5.75 Å². The van der Waals surface area contributed by atoms with Gasteiger partial charge in [0.15, 0.2) is 0 Å². The molecule has 0 rings (SSSR count). The van der Waals surface area contributed by atoms with E-state index in [1.54, 1.807) is 0 Å². The lowest BCUT2D eigenvalue weighted by Crippen LogP contribution is -1.95. The van der Waals surface area contributed by atoms with Crippen LogP contribution < -0.4 is 0 Å². The molecule has 0 amide bonds. The van der Waals surface area contributed by atoms with Gasteiger partial charge in [0.1, 0.15) is 0 Å². The van der Waals surface area contributed by atoms with Gasteiger partial charge >= 0.3 is 0 Å². The number of ether oxygens (including phenoxy) is 1. The van der Waals surface area contributed by atoms with Crippen LogP contribution in [0.3, 0.4) is 0 Å². The molecule has 2 nitrogen and oxygen atoms in total. The van der Waals surface area contributed by atoms with Crippen molar-refractivity contribution in [3.8, 4) is 6.07 Å². The number of thiol groups is 1. The molecule has 8 heavy (non-hydrogen) atoms. The van der Waals surface area contributed by atoms with Crippen LogP contribution >= 0.6 is 12.6 Å². The average Bonchev–Trinajstić information content (AvgIpc) is 1.81. The zero-order valence-electron chi connectivity index (χ0n) is 4.63. The summed E-state index contributed by atoms with van der Waals surface area (Å²) in [6, 6.07) is 1.98. The van der Waals surface area contributed by atoms with Gasteiger partial charge in [0, 0.05) is 5.75 Å². The molecule has 0 heterocycles. The average molecular weight is 131 g/mol. The Hall–Kier alpha value is -0.200. The van der Waals surface area contributed by atoms with E-state index in [9.17, 15) is 0 Å². The summed E-state index contributed by atoms with van der Waals surface area (Å²) in [6.07, 6.45) is 0.480. The van der Waals surface area contributed by atoms with E-state index in [1.807, 2.05) is 6.07 Å². The van der Waals surface area contributed by atoms with Crippen molar-refractivity contribution in [1.29, 1.82) is 5.26 Å². The van der Waals surface area contributed by atoms with Crippen LogP contribution in [0.2, 0.25) is 0 Å². The van der Waals surface area contributed by atoms with Gasteiger partial charge in [0.05, 0.1) is 25.7 Å². The number of rotatable bonds is 4. The summed E-state index contributed by atoms with van der Waals surface area (Å²) >= 11 is 3.91. The van der Waals surface area contributed by atoms with Gasteiger partial charge in [-0.3, -0.25) is 0 Å². The Morgan fingerprint density at radius 1 is 1.50 bits per heavy atom. The van der Waals surface area contributed by atoms with Gasteiger partial charge in [-0.15, -0.1) is 0 Å². The molecule has 0 aromatic rings. The first-order valence-corrected chi connectivity index (χ1v) is 3.10. The molecule has 0 saturated carbocycles. The van der Waals surface area contributed by atoms with Crippen LogP contribution in [-0.2, 0) is 4.74 Å². The second-order valence-corrected chi connectivity index (χ2v) is 1.69. The second-order valence-electron chi connectivity index (χ2n) is 1.24. The molecule has 0 unspecified atom stereocenters. The Kier molecular flexibility index (Phi) is 6.63. The molecule has 0 radical (unpaired) electrons. The van der Waals surface area contributed by atoms with Gasteiger partial charge < -0.3 is 4.74 Å². The Bertz CT molecular complexity index is 79.0. The summed E-state index contributed by atoms with van der Waals surface area (Å²) < 4.78 is 4.92. The summed E-state index contributed by atoms with van der Waals surface area (Å²) in [6.45, 7) is 1.18. The largest absolute Gasteiger partial charge is 0.380 e. The zero-order valence-corrected chi connectivity index (χ0v) is 5.53. The molecule has 0 saturated heterocycles. The van der Waals surface area contributed by atoms with Crippen LogP contribution in [0.25, 0.3) is 0 Å². The summed E-state index contributed by atoms with van der Waals surface area (Å²) in [5.41, 5.74) is 0. The molecule has 0 fully saturated rings. The molecule has 0 spiro atoms. The molecule has 0 atom stereocenters. The van der Waals surface area contributed by atoms with Crippen LogP contribution in [0, 0.1) is 11.3 Å². The first kappa shape index (κ1) is 7.80. The van der Waals surface area contributed by atoms with Crippen molar-refractivity contribution < 1.29 is 4.74 Å². The fourth-order valence-corrected chi connectivity index (χ4v) is 0.414. The first-order chi connectivity index (χ1) is 3.91. The van der Waals surface area contributed by atoms with Gasteiger partial charge in [-0.25, -0.2) is 0 Å². The molecular formula is C5H9NOS. The molecular weight excluding hydrogens is 122 g/mol. The highest BCUT2D eigenvalue weighted by atomic mass is 32.1. The topological polar surface area (TPSA) is 33.0 Å². The van der Waals surface area contributed by atoms with E-state index in [-0.39, 0.29) is 0 Å². The predicted octanol–water partition coefficient (Wildman–Crippen LogP) is 0.846. The first-order valence-electron chi connectivity index (χ1n) is 2.47. The van der Waals surface area contributed by atoms with E-state index in [4.69, 9.17) is 10.00 Å². The molecule has 0 aromatic carbocycles. The predicted molar refractivity (Wildman–Crippen MR) is 34.9 cm³/mol. The van der Waals surface area contributed by atoms with Crippen molar-refractivity contribution in [3.63, 3.8) is 0 Å². The third-order valence-electron chi connectivity index (χ3n) is 0.594. The van der Waals surface area contributed by atoms with Gasteiger partial charge in [0.2, 0.25) is 0 Å². The smallest absolute Gasteiger partial charge is 0.0645 e. The maximum Gasteiger partial charge on any atom is 0.0645 e. The van der Waals surface area contributed by atoms with Crippen molar-refractivity contribution in [2.24, 2.45) is 0 Å². The molecule has 46 valence electrons. The van der Waals surface area contributed by atoms with Crippen LogP contribution in [-0.4, -0.2) is 19.0 Å². The van der Waals surface area contributed by atoms with E-state index in [0.29, 0.717) is 19.6 Å². The maximum absolute atomic E-state index is 8.02. The summed E-state index contributed by atoms with van der Waals surface area (Å²) in [4.78, 5) is 0. The van der Waals surface area contributed by atoms with E-state index in [1.165, 1.54) is 0 Å². The van der Waals surface area contributed by atoms with Crippen LogP contribution in [0.5, 0.6) is 0 Å². The third-order valence-corrected chi connectivity index (χ3v) is 0.776. The lowest BCUT2D eigenvalue weighted by atomic mass is 10.5. The molecule has 0 N–H and O–H groups in total. The normalized spacial score (nSPS) is 8.50. The number of hydrogen-bond donors (Lipinski definition) is 1. The van der Waals surface area contributed by atoms with Crippen LogP contribution in [0.15, 0.2) is 0 Å². The molecule has 0 bridgehead atoms. The maximum atomic E-state index is 8.02. The van der Waals surface area contributed by atoms with Crippen LogP contribution in [0.1, 0.15) is 6.42 Å². The number of nitriles is 1. The highest BCUT2D eigenvalue weighted by Crippen LogP contribution is 1.80. The summed E-state index contributed by atoms with van der Waals surface area (Å²) in [7, 11) is 0. The fourth-order valence-electron chi connectivity index (χ4n) is 0.284. The van der Waals surface area contributed by atoms with Gasteiger partial charge in [0.25, 0.3) is 0 Å². The van der Waals surface area contributed by atoms with Gasteiger partial charge in [-0.2, -0.15) is 17.9 Å². The van der Waals surface area contributed by atoms with Crippen molar-refractivity contribution in [2.45, 2.75) is 6.42 Å². The standard InChI is InChI=1S/C5H9NOS/c6-2-1-3-7-4-5-8/h8H,1,3-5H2. The van der Waals surface area contributed by atoms with Crippen molar-refractivity contribution in [1.82, 2.24) is 0 Å². The SMILES string of the molecule is N#CCCOCCS. The molecule has 0 aliphatic rings. The molecule has 3 heteroatoms. The monoisotopic (exact) mass is 131 g/mol. The van der Waals surface area contributed by atoms with Gasteiger partial charge in [-0.1, -0.05) is 0 Å². The molecule has 0 aliphatic heterocycles. The quantitative estimate of drug-likeness (QED) is 0.453. The van der Waals surface area contributed by atoms with Crippen LogP contribution in [0.4, 0.5) is 0 Å². The number of hydrogen-bond acceptors (Lipinski definition) is 3. The lowest BCUT2D eigenvalue weighted by Gasteiger charge is -1.94. The Morgan fingerprint density at radius 2 is 2.25 bits per heavy atom. The highest BCUT2D eigenvalue weighted by Gasteiger charge is 1.81. The van der Waals surface area contributed by atoms with Gasteiger partial charge in [-0.05, 0) is 0 Å². The van der Waals surface area contributed by atoms with Crippen molar-refractivity contribution in [2.75, 3.05) is 19.0 Å². The highest BCUT2D eigenvalue weighted by molar-refractivity contribution is 7.80. The zero-order chi connectivity index (χ0) is 6.24. The summed E-state index contributed by atoms with van der Waals surface area (Å²) in [5.74, 6) is 0.728. The minimum atomic E-state index is 0.480. The fraction of sp³-hybridized carbons (Fsp3) is 0.800.